The summed E-state index contributed by atoms with van der Waals surface area (Å²) in [5, 5.41) is 4.11. The van der Waals surface area contributed by atoms with Crippen molar-refractivity contribution in [1.82, 2.24) is 4.90 Å². The molecule has 4 saturated heterocycles. The van der Waals surface area contributed by atoms with E-state index in [4.69, 9.17) is 9.15 Å². The van der Waals surface area contributed by atoms with E-state index < -0.39 is 0 Å². The Morgan fingerprint density at radius 3 is 2.78 bits per heavy atom. The summed E-state index contributed by atoms with van der Waals surface area (Å²) in [5.41, 5.74) is 1.78. The predicted molar refractivity (Wildman–Crippen MR) is 87.7 cm³/mol. The van der Waals surface area contributed by atoms with Crippen LogP contribution in [0.1, 0.15) is 12.8 Å². The van der Waals surface area contributed by atoms with Crippen LogP contribution in [0.2, 0.25) is 0 Å². The summed E-state index contributed by atoms with van der Waals surface area (Å²) in [4.78, 5) is 16.5. The highest BCUT2D eigenvalue weighted by Crippen LogP contribution is 2.43. The number of thiophene rings is 1. The summed E-state index contributed by atoms with van der Waals surface area (Å²) >= 11 is 1.65. The highest BCUT2D eigenvalue weighted by Gasteiger charge is 2.56. The number of furan rings is 1. The molecule has 2 aromatic rings. The topological polar surface area (TPSA) is 45.9 Å². The third kappa shape index (κ3) is 2.05. The van der Waals surface area contributed by atoms with Crippen LogP contribution in [0.25, 0.3) is 11.1 Å². The van der Waals surface area contributed by atoms with Crippen LogP contribution in [0, 0.1) is 5.92 Å². The lowest BCUT2D eigenvalue weighted by atomic mass is 9.75. The van der Waals surface area contributed by atoms with Crippen molar-refractivity contribution < 1.29 is 13.9 Å². The van der Waals surface area contributed by atoms with Crippen LogP contribution in [-0.4, -0.2) is 42.8 Å². The van der Waals surface area contributed by atoms with Crippen LogP contribution < -0.4 is 4.90 Å². The Balaban J connectivity index is 1.43. The molecule has 0 aromatic carbocycles. The number of carbonyl (C=O) groups excluding carboxylic acids is 1. The first kappa shape index (κ1) is 13.6. The quantitative estimate of drug-likeness (QED) is 0.846. The van der Waals surface area contributed by atoms with Crippen LogP contribution in [-0.2, 0) is 4.74 Å². The summed E-state index contributed by atoms with van der Waals surface area (Å²) in [6.07, 6.45) is 3.69. The molecule has 6 heterocycles. The maximum absolute atomic E-state index is 12.4. The largest absolute Gasteiger partial charge is 0.448 e. The molecule has 0 aliphatic carbocycles. The number of anilines is 1. The van der Waals surface area contributed by atoms with E-state index >= 15 is 0 Å². The SMILES string of the molecule is O=C1OC2(CN3CCC2CC3)CN1c1cc(-c2ccsc2)co1. The maximum atomic E-state index is 12.4. The van der Waals surface area contributed by atoms with Crippen molar-refractivity contribution in [3.8, 4) is 11.1 Å². The summed E-state index contributed by atoms with van der Waals surface area (Å²) in [6.45, 7) is 3.72. The molecule has 0 N–H and O–H groups in total. The molecule has 1 atom stereocenters. The number of fused-ring (bicyclic) bond motifs is 2. The zero-order valence-corrected chi connectivity index (χ0v) is 13.6. The fraction of sp³-hybridized carbons (Fsp3) is 0.471. The molecule has 2 bridgehead atoms. The smallest absolute Gasteiger partial charge is 0.417 e. The second-order valence-corrected chi connectivity index (χ2v) is 7.53. The molecule has 23 heavy (non-hydrogen) atoms. The lowest BCUT2D eigenvalue weighted by Gasteiger charge is -2.49. The molecule has 120 valence electrons. The number of amides is 1. The highest BCUT2D eigenvalue weighted by molar-refractivity contribution is 7.08. The number of hydrogen-bond acceptors (Lipinski definition) is 5. The Labute approximate surface area is 138 Å². The van der Waals surface area contributed by atoms with E-state index in [0.29, 0.717) is 18.3 Å². The Morgan fingerprint density at radius 2 is 2.09 bits per heavy atom. The average molecular weight is 330 g/mol. The summed E-state index contributed by atoms with van der Waals surface area (Å²) in [7, 11) is 0. The lowest BCUT2D eigenvalue weighted by molar-refractivity contribution is -0.0881. The first-order valence-corrected chi connectivity index (χ1v) is 9.02. The Hall–Kier alpha value is -1.79. The standard InChI is InChI=1S/C17H18N2O3S/c20-16-19(15-7-13(8-21-15)12-3-6-23-9-12)11-17(22-16)10-18-4-1-14(17)2-5-18/h3,6-9,14H,1-2,4-5,10-11H2. The van der Waals surface area contributed by atoms with Crippen molar-refractivity contribution in [3.05, 3.63) is 29.2 Å². The molecule has 4 aliphatic heterocycles. The van der Waals surface area contributed by atoms with Crippen molar-refractivity contribution in [2.75, 3.05) is 31.1 Å². The number of piperidine rings is 3. The van der Waals surface area contributed by atoms with Crippen LogP contribution >= 0.6 is 11.3 Å². The molecule has 0 radical (unpaired) electrons. The molecule has 6 rings (SSSR count). The zero-order chi connectivity index (χ0) is 15.4. The van der Waals surface area contributed by atoms with Gasteiger partial charge in [0, 0.05) is 24.1 Å². The van der Waals surface area contributed by atoms with E-state index in [-0.39, 0.29) is 11.7 Å². The van der Waals surface area contributed by atoms with Gasteiger partial charge in [0.05, 0.1) is 6.54 Å². The van der Waals surface area contributed by atoms with Gasteiger partial charge in [-0.3, -0.25) is 4.90 Å². The maximum Gasteiger partial charge on any atom is 0.417 e. The van der Waals surface area contributed by atoms with Gasteiger partial charge in [0.25, 0.3) is 0 Å². The second kappa shape index (κ2) is 4.85. The van der Waals surface area contributed by atoms with Gasteiger partial charge in [0.15, 0.2) is 0 Å². The number of carbonyl (C=O) groups is 1. The normalized spacial score (nSPS) is 32.7. The van der Waals surface area contributed by atoms with Gasteiger partial charge in [-0.25, -0.2) is 9.69 Å². The molecule has 0 saturated carbocycles. The Bertz CT molecular complexity index is 733. The molecule has 1 unspecified atom stereocenters. The van der Waals surface area contributed by atoms with E-state index in [2.05, 4.69) is 16.3 Å². The number of ether oxygens (including phenoxy) is 1. The van der Waals surface area contributed by atoms with Crippen molar-refractivity contribution in [1.29, 1.82) is 0 Å². The molecule has 1 spiro atoms. The van der Waals surface area contributed by atoms with E-state index in [1.54, 1.807) is 22.5 Å². The van der Waals surface area contributed by atoms with Crippen molar-refractivity contribution in [2.45, 2.75) is 18.4 Å². The van der Waals surface area contributed by atoms with E-state index in [1.807, 2.05) is 11.4 Å². The molecule has 4 fully saturated rings. The minimum atomic E-state index is -0.344. The van der Waals surface area contributed by atoms with Gasteiger partial charge >= 0.3 is 6.09 Å². The number of rotatable bonds is 2. The first-order chi connectivity index (χ1) is 11.2. The van der Waals surface area contributed by atoms with Gasteiger partial charge in [-0.15, -0.1) is 0 Å². The molecule has 5 nitrogen and oxygen atoms in total. The second-order valence-electron chi connectivity index (χ2n) is 6.75. The van der Waals surface area contributed by atoms with Crippen molar-refractivity contribution in [2.24, 2.45) is 5.92 Å². The Morgan fingerprint density at radius 1 is 1.22 bits per heavy atom. The monoisotopic (exact) mass is 330 g/mol. The van der Waals surface area contributed by atoms with Crippen LogP contribution in [0.3, 0.4) is 0 Å². The van der Waals surface area contributed by atoms with Crippen molar-refractivity contribution >= 4 is 23.3 Å². The van der Waals surface area contributed by atoms with Gasteiger partial charge in [-0.1, -0.05) is 0 Å². The van der Waals surface area contributed by atoms with E-state index in [0.717, 1.165) is 43.6 Å². The van der Waals surface area contributed by atoms with Gasteiger partial charge in [-0.2, -0.15) is 11.3 Å². The number of hydrogen-bond donors (Lipinski definition) is 0. The summed E-state index contributed by atoms with van der Waals surface area (Å²) < 4.78 is 11.6. The number of nitrogens with zero attached hydrogens (tertiary/aromatic N) is 2. The molecule has 4 aliphatic rings. The van der Waals surface area contributed by atoms with E-state index in [1.165, 1.54) is 0 Å². The predicted octanol–water partition coefficient (Wildman–Crippen LogP) is 3.43. The van der Waals surface area contributed by atoms with Crippen LogP contribution in [0.5, 0.6) is 0 Å². The van der Waals surface area contributed by atoms with Gasteiger partial charge in [0.2, 0.25) is 5.88 Å². The van der Waals surface area contributed by atoms with Gasteiger partial charge in [-0.05, 0) is 48.3 Å². The van der Waals surface area contributed by atoms with Crippen molar-refractivity contribution in [3.63, 3.8) is 0 Å². The summed E-state index contributed by atoms with van der Waals surface area (Å²) in [6, 6.07) is 3.99. The summed E-state index contributed by atoms with van der Waals surface area (Å²) in [5.74, 6) is 1.07. The first-order valence-electron chi connectivity index (χ1n) is 8.07. The lowest BCUT2D eigenvalue weighted by Crippen LogP contribution is -2.61. The molecule has 2 aromatic heterocycles. The third-order valence-electron chi connectivity index (χ3n) is 5.47. The molecular formula is C17H18N2O3S. The fourth-order valence-corrected chi connectivity index (χ4v) is 4.89. The van der Waals surface area contributed by atoms with Gasteiger partial charge in [0.1, 0.15) is 11.9 Å². The minimum absolute atomic E-state index is 0.273. The molecular weight excluding hydrogens is 312 g/mol. The van der Waals surface area contributed by atoms with Crippen LogP contribution in [0.4, 0.5) is 10.7 Å². The van der Waals surface area contributed by atoms with Crippen LogP contribution in [0.15, 0.2) is 33.6 Å². The highest BCUT2D eigenvalue weighted by atomic mass is 32.1. The molecule has 1 amide bonds. The van der Waals surface area contributed by atoms with Gasteiger partial charge < -0.3 is 9.15 Å². The fourth-order valence-electron chi connectivity index (χ4n) is 4.23. The third-order valence-corrected chi connectivity index (χ3v) is 6.15. The Kier molecular flexibility index (Phi) is 2.87. The average Bonchev–Trinajstić information content (AvgIpc) is 3.28. The zero-order valence-electron chi connectivity index (χ0n) is 12.7. The molecule has 6 heteroatoms. The van der Waals surface area contributed by atoms with E-state index in [9.17, 15) is 4.79 Å². The minimum Gasteiger partial charge on any atom is -0.448 e.